The Kier molecular flexibility index (Phi) is 5.98. The standard InChI is InChI=1S/C25H23NO5/c1-3-29-24(27)11-10-20-16(2)19-9-8-18(14-23(19)31-25(20)28)30-15-22-21-7-5-4-6-17(21)12-13-26-22/h4-9,12-14H,3,10-11,15H2,1-2H3. The number of carbonyl (C=O) groups is 1. The number of rotatable bonds is 7. The predicted molar refractivity (Wildman–Crippen MR) is 118 cm³/mol. The van der Waals surface area contributed by atoms with E-state index >= 15 is 0 Å². The molecule has 4 aromatic rings. The van der Waals surface area contributed by atoms with E-state index in [9.17, 15) is 9.59 Å². The Bertz CT molecular complexity index is 1300. The fourth-order valence-corrected chi connectivity index (χ4v) is 3.66. The van der Waals surface area contributed by atoms with E-state index in [1.807, 2.05) is 49.4 Å². The van der Waals surface area contributed by atoms with Crippen LogP contribution < -0.4 is 10.4 Å². The summed E-state index contributed by atoms with van der Waals surface area (Å²) in [5, 5.41) is 2.96. The number of hydrogen-bond donors (Lipinski definition) is 0. The third kappa shape index (κ3) is 4.43. The maximum absolute atomic E-state index is 12.5. The van der Waals surface area contributed by atoms with Crippen LogP contribution >= 0.6 is 0 Å². The minimum atomic E-state index is -0.442. The van der Waals surface area contributed by atoms with Gasteiger partial charge in [0.15, 0.2) is 0 Å². The molecule has 158 valence electrons. The first-order valence-electron chi connectivity index (χ1n) is 10.2. The first-order valence-corrected chi connectivity index (χ1v) is 10.2. The van der Waals surface area contributed by atoms with Gasteiger partial charge in [-0.2, -0.15) is 0 Å². The first-order chi connectivity index (χ1) is 15.1. The van der Waals surface area contributed by atoms with Crippen molar-refractivity contribution in [3.05, 3.63) is 82.0 Å². The highest BCUT2D eigenvalue weighted by molar-refractivity contribution is 5.84. The van der Waals surface area contributed by atoms with Gasteiger partial charge in [0.05, 0.1) is 12.3 Å². The highest BCUT2D eigenvalue weighted by Crippen LogP contribution is 2.26. The largest absolute Gasteiger partial charge is 0.487 e. The van der Waals surface area contributed by atoms with Crippen LogP contribution in [0.25, 0.3) is 21.7 Å². The number of benzene rings is 2. The van der Waals surface area contributed by atoms with Gasteiger partial charge in [0.2, 0.25) is 0 Å². The fraction of sp³-hybridized carbons (Fsp3) is 0.240. The van der Waals surface area contributed by atoms with Crippen LogP contribution in [0, 0.1) is 6.92 Å². The average Bonchev–Trinajstić information content (AvgIpc) is 2.77. The van der Waals surface area contributed by atoms with Gasteiger partial charge in [-0.15, -0.1) is 0 Å². The summed E-state index contributed by atoms with van der Waals surface area (Å²) in [6, 6.07) is 15.4. The molecule has 0 unspecified atom stereocenters. The summed E-state index contributed by atoms with van der Waals surface area (Å²) in [6.45, 7) is 4.23. The number of aromatic nitrogens is 1. The van der Waals surface area contributed by atoms with E-state index in [4.69, 9.17) is 13.9 Å². The highest BCUT2D eigenvalue weighted by Gasteiger charge is 2.14. The second kappa shape index (κ2) is 9.00. The van der Waals surface area contributed by atoms with E-state index in [0.717, 1.165) is 27.4 Å². The molecule has 4 rings (SSSR count). The second-order valence-corrected chi connectivity index (χ2v) is 7.22. The number of nitrogens with zero attached hydrogens (tertiary/aromatic N) is 1. The van der Waals surface area contributed by atoms with Crippen molar-refractivity contribution in [3.8, 4) is 5.75 Å². The molecule has 0 aliphatic rings. The van der Waals surface area contributed by atoms with Crippen molar-refractivity contribution >= 4 is 27.7 Å². The maximum Gasteiger partial charge on any atom is 0.339 e. The maximum atomic E-state index is 12.5. The molecular formula is C25H23NO5. The Morgan fingerprint density at radius 2 is 1.94 bits per heavy atom. The first kappa shape index (κ1) is 20.6. The summed E-state index contributed by atoms with van der Waals surface area (Å²) in [7, 11) is 0. The Morgan fingerprint density at radius 3 is 2.77 bits per heavy atom. The van der Waals surface area contributed by atoms with Crippen molar-refractivity contribution < 1.29 is 18.7 Å². The molecule has 0 aliphatic carbocycles. The van der Waals surface area contributed by atoms with Crippen LogP contribution in [0.3, 0.4) is 0 Å². The van der Waals surface area contributed by atoms with Crippen LogP contribution in [0.5, 0.6) is 5.75 Å². The molecular weight excluding hydrogens is 394 g/mol. The van der Waals surface area contributed by atoms with Crippen LogP contribution in [0.4, 0.5) is 0 Å². The lowest BCUT2D eigenvalue weighted by Gasteiger charge is -2.11. The van der Waals surface area contributed by atoms with E-state index in [0.29, 0.717) is 30.1 Å². The molecule has 0 radical (unpaired) electrons. The van der Waals surface area contributed by atoms with Gasteiger partial charge >= 0.3 is 11.6 Å². The van der Waals surface area contributed by atoms with Gasteiger partial charge < -0.3 is 13.9 Å². The normalized spacial score (nSPS) is 11.0. The third-order valence-corrected chi connectivity index (χ3v) is 5.27. The molecule has 0 bridgehead atoms. The molecule has 0 spiro atoms. The summed E-state index contributed by atoms with van der Waals surface area (Å²) < 4.78 is 16.4. The number of carbonyl (C=O) groups excluding carboxylic acids is 1. The molecule has 0 aliphatic heterocycles. The summed E-state index contributed by atoms with van der Waals surface area (Å²) in [5.74, 6) is 0.260. The number of fused-ring (bicyclic) bond motifs is 2. The zero-order valence-electron chi connectivity index (χ0n) is 17.5. The smallest absolute Gasteiger partial charge is 0.339 e. The van der Waals surface area contributed by atoms with E-state index in [1.54, 1.807) is 19.2 Å². The topological polar surface area (TPSA) is 78.6 Å². The Balaban J connectivity index is 1.56. The lowest BCUT2D eigenvalue weighted by atomic mass is 10.0. The van der Waals surface area contributed by atoms with Crippen LogP contribution in [0.15, 0.2) is 63.9 Å². The molecule has 2 aromatic carbocycles. The molecule has 6 heteroatoms. The van der Waals surface area contributed by atoms with E-state index in [1.165, 1.54) is 0 Å². The number of aryl methyl sites for hydroxylation is 1. The summed E-state index contributed by atoms with van der Waals surface area (Å²) in [4.78, 5) is 28.6. The van der Waals surface area contributed by atoms with E-state index < -0.39 is 5.63 Å². The number of pyridine rings is 1. The van der Waals surface area contributed by atoms with Gasteiger partial charge in [-0.25, -0.2) is 4.79 Å². The second-order valence-electron chi connectivity index (χ2n) is 7.22. The zero-order chi connectivity index (χ0) is 21.8. The summed E-state index contributed by atoms with van der Waals surface area (Å²) >= 11 is 0. The Hall–Kier alpha value is -3.67. The van der Waals surface area contributed by atoms with Crippen molar-refractivity contribution in [1.82, 2.24) is 4.98 Å². The average molecular weight is 417 g/mol. The highest BCUT2D eigenvalue weighted by atomic mass is 16.5. The van der Waals surface area contributed by atoms with E-state index in [-0.39, 0.29) is 18.8 Å². The van der Waals surface area contributed by atoms with E-state index in [2.05, 4.69) is 4.98 Å². The molecule has 0 amide bonds. The Morgan fingerprint density at radius 1 is 1.10 bits per heavy atom. The number of ether oxygens (including phenoxy) is 2. The van der Waals surface area contributed by atoms with Crippen molar-refractivity contribution in [2.75, 3.05) is 6.61 Å². The van der Waals surface area contributed by atoms with Crippen molar-refractivity contribution in [2.24, 2.45) is 0 Å². The van der Waals surface area contributed by atoms with Crippen molar-refractivity contribution in [1.29, 1.82) is 0 Å². The third-order valence-electron chi connectivity index (χ3n) is 5.27. The minimum Gasteiger partial charge on any atom is -0.487 e. The van der Waals surface area contributed by atoms with Crippen molar-refractivity contribution in [3.63, 3.8) is 0 Å². The molecule has 0 atom stereocenters. The molecule has 6 nitrogen and oxygen atoms in total. The fourth-order valence-electron chi connectivity index (χ4n) is 3.66. The SMILES string of the molecule is CCOC(=O)CCc1c(C)c2ccc(OCc3nccc4ccccc34)cc2oc1=O. The summed E-state index contributed by atoms with van der Waals surface area (Å²) in [5.41, 5.74) is 2.14. The molecule has 31 heavy (non-hydrogen) atoms. The predicted octanol–water partition coefficient (Wildman–Crippen LogP) is 4.72. The lowest BCUT2D eigenvalue weighted by Crippen LogP contribution is -2.13. The number of esters is 1. The molecule has 2 heterocycles. The monoisotopic (exact) mass is 417 g/mol. The van der Waals surface area contributed by atoms with Crippen LogP contribution in [0.1, 0.15) is 30.2 Å². The van der Waals surface area contributed by atoms with Gasteiger partial charge in [-0.3, -0.25) is 9.78 Å². The quantitative estimate of drug-likeness (QED) is 0.320. The van der Waals surface area contributed by atoms with Gasteiger partial charge in [-0.1, -0.05) is 24.3 Å². The zero-order valence-corrected chi connectivity index (χ0v) is 17.5. The van der Waals surface area contributed by atoms with Gasteiger partial charge in [0.25, 0.3) is 0 Å². The minimum absolute atomic E-state index is 0.143. The van der Waals surface area contributed by atoms with Gasteiger partial charge in [0.1, 0.15) is 17.9 Å². The van der Waals surface area contributed by atoms with Gasteiger partial charge in [0, 0.05) is 35.0 Å². The molecule has 2 aromatic heterocycles. The van der Waals surface area contributed by atoms with Crippen LogP contribution in [-0.2, 0) is 22.6 Å². The summed E-state index contributed by atoms with van der Waals surface area (Å²) in [6.07, 6.45) is 2.19. The van der Waals surface area contributed by atoms with Crippen molar-refractivity contribution in [2.45, 2.75) is 33.3 Å². The lowest BCUT2D eigenvalue weighted by molar-refractivity contribution is -0.143. The Labute approximate surface area is 179 Å². The number of hydrogen-bond acceptors (Lipinski definition) is 6. The molecule has 0 fully saturated rings. The molecule has 0 N–H and O–H groups in total. The van der Waals surface area contributed by atoms with Gasteiger partial charge in [-0.05, 0) is 49.4 Å². The molecule has 0 saturated heterocycles. The molecule has 0 saturated carbocycles. The van der Waals surface area contributed by atoms with Crippen LogP contribution in [0.2, 0.25) is 0 Å². The van der Waals surface area contributed by atoms with Crippen LogP contribution in [-0.4, -0.2) is 17.6 Å².